The van der Waals surface area contributed by atoms with Crippen LogP contribution in [0.4, 0.5) is 5.69 Å². The predicted molar refractivity (Wildman–Crippen MR) is 85.2 cm³/mol. The van der Waals surface area contributed by atoms with E-state index in [1.165, 1.54) is 10.8 Å². The molecule has 5 nitrogen and oxygen atoms in total. The van der Waals surface area contributed by atoms with Gasteiger partial charge in [-0.2, -0.15) is 0 Å². The van der Waals surface area contributed by atoms with Crippen LogP contribution >= 0.6 is 23.2 Å². The van der Waals surface area contributed by atoms with Gasteiger partial charge in [0.25, 0.3) is 5.56 Å². The summed E-state index contributed by atoms with van der Waals surface area (Å²) in [7, 11) is 0. The van der Waals surface area contributed by atoms with Gasteiger partial charge in [0.15, 0.2) is 0 Å². The second kappa shape index (κ2) is 6.37. The lowest BCUT2D eigenvalue weighted by atomic mass is 10.2. The molecule has 112 valence electrons. The Bertz CT molecular complexity index is 781. The minimum atomic E-state index is -0.515. The molecule has 2 N–H and O–H groups in total. The Balaban J connectivity index is 2.53. The lowest BCUT2D eigenvalue weighted by Crippen LogP contribution is -2.41. The number of nitrogen functional groups attached to an aromatic ring is 1. The first-order chi connectivity index (χ1) is 9.93. The number of rotatable bonds is 4. The third kappa shape index (κ3) is 3.31. The molecule has 2 aromatic rings. The van der Waals surface area contributed by atoms with Gasteiger partial charge in [-0.1, -0.05) is 36.2 Å². The molecule has 0 aliphatic rings. The first-order valence-corrected chi connectivity index (χ1v) is 7.23. The van der Waals surface area contributed by atoms with E-state index in [0.717, 1.165) is 11.0 Å². The number of nitrogens with zero attached hydrogens (tertiary/aromatic N) is 2. The van der Waals surface area contributed by atoms with Gasteiger partial charge in [-0.05, 0) is 24.1 Å². The number of hydrogen-bond acceptors (Lipinski definition) is 3. The van der Waals surface area contributed by atoms with Crippen LogP contribution in [0.15, 0.2) is 34.0 Å². The molecule has 1 aromatic heterocycles. The second-order valence-corrected chi connectivity index (χ2v) is 5.53. The minimum absolute atomic E-state index is 0.0353. The van der Waals surface area contributed by atoms with Crippen LogP contribution in [-0.4, -0.2) is 9.13 Å². The molecule has 7 heteroatoms. The van der Waals surface area contributed by atoms with Crippen molar-refractivity contribution in [2.24, 2.45) is 0 Å². The summed E-state index contributed by atoms with van der Waals surface area (Å²) in [6, 6.07) is 4.91. The van der Waals surface area contributed by atoms with E-state index in [1.54, 1.807) is 18.2 Å². The van der Waals surface area contributed by atoms with E-state index in [2.05, 4.69) is 0 Å². The molecule has 0 amide bonds. The third-order valence-corrected chi connectivity index (χ3v) is 3.66. The summed E-state index contributed by atoms with van der Waals surface area (Å²) in [6.07, 6.45) is 2.15. The molecular formula is C14H15Cl2N3O2. The van der Waals surface area contributed by atoms with Crippen molar-refractivity contribution in [3.05, 3.63) is 60.8 Å². The van der Waals surface area contributed by atoms with E-state index in [9.17, 15) is 9.59 Å². The topological polar surface area (TPSA) is 70.0 Å². The number of aromatic nitrogens is 2. The quantitative estimate of drug-likeness (QED) is 0.937. The first-order valence-electron chi connectivity index (χ1n) is 6.47. The van der Waals surface area contributed by atoms with E-state index in [0.29, 0.717) is 22.2 Å². The van der Waals surface area contributed by atoms with Gasteiger partial charge in [-0.25, -0.2) is 4.79 Å². The van der Waals surface area contributed by atoms with Crippen molar-refractivity contribution in [3.8, 4) is 0 Å². The molecule has 1 aromatic carbocycles. The monoisotopic (exact) mass is 327 g/mol. The van der Waals surface area contributed by atoms with Crippen LogP contribution in [0.2, 0.25) is 10.0 Å². The van der Waals surface area contributed by atoms with Crippen molar-refractivity contribution in [1.82, 2.24) is 9.13 Å². The van der Waals surface area contributed by atoms with Crippen molar-refractivity contribution >= 4 is 28.9 Å². The fourth-order valence-electron chi connectivity index (χ4n) is 2.04. The van der Waals surface area contributed by atoms with Crippen molar-refractivity contribution in [2.45, 2.75) is 26.4 Å². The van der Waals surface area contributed by atoms with Crippen LogP contribution in [0.25, 0.3) is 0 Å². The molecule has 1 heterocycles. The first kappa shape index (κ1) is 15.7. The van der Waals surface area contributed by atoms with Gasteiger partial charge >= 0.3 is 5.69 Å². The summed E-state index contributed by atoms with van der Waals surface area (Å²) < 4.78 is 2.51. The zero-order chi connectivity index (χ0) is 15.6. The maximum absolute atomic E-state index is 12.3. The normalized spacial score (nSPS) is 10.8. The van der Waals surface area contributed by atoms with Crippen molar-refractivity contribution in [2.75, 3.05) is 5.73 Å². The van der Waals surface area contributed by atoms with Gasteiger partial charge in [0.1, 0.15) is 5.69 Å². The van der Waals surface area contributed by atoms with Gasteiger partial charge in [0, 0.05) is 22.8 Å². The number of aryl methyl sites for hydroxylation is 1. The van der Waals surface area contributed by atoms with Crippen LogP contribution in [0, 0.1) is 0 Å². The smallest absolute Gasteiger partial charge is 0.331 e. The van der Waals surface area contributed by atoms with E-state index in [-0.39, 0.29) is 12.2 Å². The summed E-state index contributed by atoms with van der Waals surface area (Å²) in [4.78, 5) is 24.4. The van der Waals surface area contributed by atoms with Crippen molar-refractivity contribution in [3.63, 3.8) is 0 Å². The van der Waals surface area contributed by atoms with Crippen LogP contribution in [0.3, 0.4) is 0 Å². The summed E-state index contributed by atoms with van der Waals surface area (Å²) in [6.45, 7) is 2.49. The molecule has 0 bridgehead atoms. The number of nitrogens with two attached hydrogens (primary N) is 1. The maximum Gasteiger partial charge on any atom is 0.331 e. The fraction of sp³-hybridized carbons (Fsp3) is 0.286. The number of anilines is 1. The maximum atomic E-state index is 12.3. The summed E-state index contributed by atoms with van der Waals surface area (Å²) >= 11 is 11.9. The molecule has 2 rings (SSSR count). The summed E-state index contributed by atoms with van der Waals surface area (Å²) in [5.41, 5.74) is 5.44. The Morgan fingerprint density at radius 3 is 2.57 bits per heavy atom. The zero-order valence-corrected chi connectivity index (χ0v) is 13.0. The lowest BCUT2D eigenvalue weighted by Gasteiger charge is -2.12. The third-order valence-electron chi connectivity index (χ3n) is 3.07. The Labute approximate surface area is 131 Å². The van der Waals surface area contributed by atoms with Crippen molar-refractivity contribution < 1.29 is 0 Å². The number of hydrogen-bond donors (Lipinski definition) is 1. The Hall–Kier alpha value is -1.72. The fourth-order valence-corrected chi connectivity index (χ4v) is 2.51. The molecule has 0 saturated heterocycles. The Kier molecular flexibility index (Phi) is 4.75. The molecular weight excluding hydrogens is 313 g/mol. The minimum Gasteiger partial charge on any atom is -0.393 e. The van der Waals surface area contributed by atoms with Gasteiger partial charge in [-0.3, -0.25) is 13.9 Å². The van der Waals surface area contributed by atoms with Crippen LogP contribution in [0.5, 0.6) is 0 Å². The van der Waals surface area contributed by atoms with E-state index in [1.807, 2.05) is 6.92 Å². The van der Waals surface area contributed by atoms with E-state index < -0.39 is 11.2 Å². The molecule has 0 fully saturated rings. The van der Waals surface area contributed by atoms with Crippen LogP contribution < -0.4 is 17.0 Å². The SMILES string of the molecule is CCCn1cc(N)c(=O)n(Cc2ccc(Cl)cc2Cl)c1=O. The van der Waals surface area contributed by atoms with Gasteiger partial charge < -0.3 is 5.73 Å². The highest BCUT2D eigenvalue weighted by Crippen LogP contribution is 2.21. The molecule has 21 heavy (non-hydrogen) atoms. The van der Waals surface area contributed by atoms with Crippen molar-refractivity contribution in [1.29, 1.82) is 0 Å². The molecule has 0 unspecified atom stereocenters. The molecule has 0 radical (unpaired) electrons. The highest BCUT2D eigenvalue weighted by atomic mass is 35.5. The Morgan fingerprint density at radius 2 is 1.95 bits per heavy atom. The molecule has 0 saturated carbocycles. The lowest BCUT2D eigenvalue weighted by molar-refractivity contribution is 0.573. The molecule has 0 atom stereocenters. The van der Waals surface area contributed by atoms with Gasteiger partial charge in [0.05, 0.1) is 6.54 Å². The molecule has 0 spiro atoms. The van der Waals surface area contributed by atoms with Gasteiger partial charge in [0.2, 0.25) is 0 Å². The Morgan fingerprint density at radius 1 is 1.24 bits per heavy atom. The number of halogens is 2. The summed E-state index contributed by atoms with van der Waals surface area (Å²) in [5.74, 6) is 0. The van der Waals surface area contributed by atoms with Gasteiger partial charge in [-0.15, -0.1) is 0 Å². The zero-order valence-electron chi connectivity index (χ0n) is 11.5. The summed E-state index contributed by atoms with van der Waals surface area (Å²) in [5, 5.41) is 0.894. The average molecular weight is 328 g/mol. The van der Waals surface area contributed by atoms with Crippen LogP contribution in [0.1, 0.15) is 18.9 Å². The highest BCUT2D eigenvalue weighted by molar-refractivity contribution is 6.35. The van der Waals surface area contributed by atoms with E-state index >= 15 is 0 Å². The molecule has 0 aliphatic heterocycles. The molecule has 0 aliphatic carbocycles. The van der Waals surface area contributed by atoms with Crippen LogP contribution in [-0.2, 0) is 13.1 Å². The highest BCUT2D eigenvalue weighted by Gasteiger charge is 2.11. The number of benzene rings is 1. The largest absolute Gasteiger partial charge is 0.393 e. The standard InChI is InChI=1S/C14H15Cl2N3O2/c1-2-5-18-8-12(17)13(20)19(14(18)21)7-9-3-4-10(15)6-11(9)16/h3-4,6,8H,2,5,7,17H2,1H3. The average Bonchev–Trinajstić information content (AvgIpc) is 2.43. The van der Waals surface area contributed by atoms with E-state index in [4.69, 9.17) is 28.9 Å². The predicted octanol–water partition coefficient (Wildman–Crippen LogP) is 2.36. The second-order valence-electron chi connectivity index (χ2n) is 4.69.